The zero-order chi connectivity index (χ0) is 18.0. The molecule has 1 amide bonds. The van der Waals surface area contributed by atoms with Gasteiger partial charge in [0.1, 0.15) is 5.82 Å². The van der Waals surface area contributed by atoms with Crippen LogP contribution in [-0.4, -0.2) is 44.0 Å². The van der Waals surface area contributed by atoms with Gasteiger partial charge in [0, 0.05) is 25.6 Å². The third-order valence-electron chi connectivity index (χ3n) is 5.05. The van der Waals surface area contributed by atoms with Crippen LogP contribution >= 0.6 is 0 Å². The van der Waals surface area contributed by atoms with E-state index in [2.05, 4.69) is 10.6 Å². The van der Waals surface area contributed by atoms with E-state index in [0.29, 0.717) is 44.5 Å². The summed E-state index contributed by atoms with van der Waals surface area (Å²) in [5.41, 5.74) is 1.81. The van der Waals surface area contributed by atoms with E-state index in [1.165, 1.54) is 4.31 Å². The minimum absolute atomic E-state index is 0.0685. The van der Waals surface area contributed by atoms with Gasteiger partial charge < -0.3 is 10.6 Å². The zero-order valence-corrected chi connectivity index (χ0v) is 15.2. The lowest BCUT2D eigenvalue weighted by Crippen LogP contribution is -2.42. The highest BCUT2D eigenvalue weighted by atomic mass is 32.2. The fourth-order valence-corrected chi connectivity index (χ4v) is 4.58. The Kier molecular flexibility index (Phi) is 5.41. The Balaban J connectivity index is 1.64. The summed E-state index contributed by atoms with van der Waals surface area (Å²) < 4.78 is 39.8. The molecule has 2 heterocycles. The summed E-state index contributed by atoms with van der Waals surface area (Å²) in [5, 5.41) is 5.89. The number of fused-ring (bicyclic) bond motifs is 1. The summed E-state index contributed by atoms with van der Waals surface area (Å²) in [5.74, 6) is -0.806. The predicted molar refractivity (Wildman–Crippen MR) is 94.2 cm³/mol. The number of rotatable bonds is 4. The number of sulfonamides is 1. The molecule has 1 aromatic carbocycles. The Morgan fingerprint density at radius 1 is 1.36 bits per heavy atom. The lowest BCUT2D eigenvalue weighted by Gasteiger charge is -2.30. The van der Waals surface area contributed by atoms with Crippen molar-refractivity contribution >= 4 is 21.6 Å². The quantitative estimate of drug-likeness (QED) is 0.843. The van der Waals surface area contributed by atoms with Gasteiger partial charge >= 0.3 is 0 Å². The summed E-state index contributed by atoms with van der Waals surface area (Å²) in [6.07, 6.45) is 1.53. The van der Waals surface area contributed by atoms with Crippen LogP contribution < -0.4 is 10.6 Å². The minimum atomic E-state index is -3.21. The number of hydrogen-bond acceptors (Lipinski definition) is 4. The molecule has 1 aromatic rings. The Bertz CT molecular complexity index is 759. The van der Waals surface area contributed by atoms with Gasteiger partial charge in [-0.15, -0.1) is 0 Å². The molecule has 0 radical (unpaired) electrons. The van der Waals surface area contributed by atoms with Gasteiger partial charge in [0.05, 0.1) is 11.4 Å². The largest absolute Gasteiger partial charge is 0.323 e. The first-order chi connectivity index (χ1) is 11.9. The average Bonchev–Trinajstić information content (AvgIpc) is 2.64. The predicted octanol–water partition coefficient (Wildman–Crippen LogP) is 1.47. The number of piperidine rings is 1. The highest BCUT2D eigenvalue weighted by Crippen LogP contribution is 2.26. The van der Waals surface area contributed by atoms with Gasteiger partial charge in [0.2, 0.25) is 15.9 Å². The van der Waals surface area contributed by atoms with Crippen molar-refractivity contribution in [1.29, 1.82) is 0 Å². The highest BCUT2D eigenvalue weighted by molar-refractivity contribution is 7.89. The molecule has 3 rings (SSSR count). The molecule has 2 N–H and O–H groups in total. The molecule has 2 aliphatic rings. The topological polar surface area (TPSA) is 78.5 Å². The van der Waals surface area contributed by atoms with Crippen LogP contribution in [0.3, 0.4) is 0 Å². The first-order valence-electron chi connectivity index (χ1n) is 8.72. The van der Waals surface area contributed by atoms with Crippen molar-refractivity contribution in [3.05, 3.63) is 29.1 Å². The van der Waals surface area contributed by atoms with Crippen LogP contribution in [0, 0.1) is 11.7 Å². The highest BCUT2D eigenvalue weighted by Gasteiger charge is 2.30. The molecule has 2 aliphatic heterocycles. The van der Waals surface area contributed by atoms with Crippen LogP contribution in [0.25, 0.3) is 0 Å². The molecule has 0 spiro atoms. The van der Waals surface area contributed by atoms with Crippen molar-refractivity contribution < 1.29 is 17.6 Å². The van der Waals surface area contributed by atoms with E-state index in [9.17, 15) is 17.6 Å². The van der Waals surface area contributed by atoms with Crippen molar-refractivity contribution in [2.45, 2.75) is 32.7 Å². The summed E-state index contributed by atoms with van der Waals surface area (Å²) in [6.45, 7) is 3.66. The van der Waals surface area contributed by atoms with E-state index < -0.39 is 10.0 Å². The van der Waals surface area contributed by atoms with E-state index in [-0.39, 0.29) is 29.1 Å². The van der Waals surface area contributed by atoms with Gasteiger partial charge in [-0.3, -0.25) is 4.79 Å². The molecule has 6 nitrogen and oxygen atoms in total. The maximum absolute atomic E-state index is 14.6. The minimum Gasteiger partial charge on any atom is -0.323 e. The molecular formula is C17H24FN3O3S. The number of hydrogen-bond donors (Lipinski definition) is 2. The molecule has 25 heavy (non-hydrogen) atoms. The van der Waals surface area contributed by atoms with Crippen molar-refractivity contribution in [1.82, 2.24) is 9.62 Å². The molecule has 0 aliphatic carbocycles. The molecular weight excluding hydrogens is 345 g/mol. The number of nitrogens with zero attached hydrogens (tertiary/aromatic N) is 1. The van der Waals surface area contributed by atoms with Gasteiger partial charge in [-0.05, 0) is 49.9 Å². The smallest absolute Gasteiger partial charge is 0.227 e. The standard InChI is InChI=1S/C17H24FN3O3S/c1-2-25(23,24)21-9-6-12(7-10-21)17(22)20-15-4-3-13-11-19-8-5-14(13)16(15)18/h3-4,12,19H,2,5-11H2,1H3,(H,20,22). The number of amides is 1. The summed E-state index contributed by atoms with van der Waals surface area (Å²) >= 11 is 0. The number of anilines is 1. The Morgan fingerprint density at radius 3 is 2.76 bits per heavy atom. The van der Waals surface area contributed by atoms with Crippen LogP contribution in [0.1, 0.15) is 30.9 Å². The average molecular weight is 369 g/mol. The first kappa shape index (κ1) is 18.3. The van der Waals surface area contributed by atoms with Crippen molar-refractivity contribution in [3.63, 3.8) is 0 Å². The number of halogens is 1. The number of benzene rings is 1. The third-order valence-corrected chi connectivity index (χ3v) is 6.93. The van der Waals surface area contributed by atoms with E-state index in [0.717, 1.165) is 12.1 Å². The summed E-state index contributed by atoms with van der Waals surface area (Å²) in [4.78, 5) is 12.5. The molecule has 1 saturated heterocycles. The maximum Gasteiger partial charge on any atom is 0.227 e. The zero-order valence-electron chi connectivity index (χ0n) is 14.3. The van der Waals surface area contributed by atoms with Crippen LogP contribution in [-0.2, 0) is 27.8 Å². The third kappa shape index (κ3) is 3.86. The first-order valence-corrected chi connectivity index (χ1v) is 10.3. The number of carbonyl (C=O) groups is 1. The van der Waals surface area contributed by atoms with E-state index in [1.54, 1.807) is 13.0 Å². The van der Waals surface area contributed by atoms with E-state index in [1.807, 2.05) is 6.07 Å². The molecule has 1 fully saturated rings. The fourth-order valence-electron chi connectivity index (χ4n) is 3.44. The van der Waals surface area contributed by atoms with Gasteiger partial charge in [-0.1, -0.05) is 6.07 Å². The van der Waals surface area contributed by atoms with Crippen molar-refractivity contribution in [2.24, 2.45) is 5.92 Å². The van der Waals surface area contributed by atoms with Gasteiger partial charge in [0.25, 0.3) is 0 Å². The molecule has 0 aromatic heterocycles. The Labute approximate surface area is 147 Å². The van der Waals surface area contributed by atoms with E-state index in [4.69, 9.17) is 0 Å². The molecule has 0 unspecified atom stereocenters. The fraction of sp³-hybridized carbons (Fsp3) is 0.588. The van der Waals surface area contributed by atoms with E-state index >= 15 is 0 Å². The van der Waals surface area contributed by atoms with Gasteiger partial charge in [-0.25, -0.2) is 17.1 Å². The Hall–Kier alpha value is -1.51. The monoisotopic (exact) mass is 369 g/mol. The second-order valence-electron chi connectivity index (χ2n) is 6.55. The molecule has 8 heteroatoms. The summed E-state index contributed by atoms with van der Waals surface area (Å²) in [7, 11) is -3.21. The normalized spacial score (nSPS) is 19.4. The molecule has 0 atom stereocenters. The lowest BCUT2D eigenvalue weighted by atomic mass is 9.96. The van der Waals surface area contributed by atoms with Crippen LogP contribution in [0.5, 0.6) is 0 Å². The molecule has 138 valence electrons. The van der Waals surface area contributed by atoms with Crippen LogP contribution in [0.15, 0.2) is 12.1 Å². The van der Waals surface area contributed by atoms with Crippen molar-refractivity contribution in [3.8, 4) is 0 Å². The summed E-state index contributed by atoms with van der Waals surface area (Å²) in [6, 6.07) is 3.45. The van der Waals surface area contributed by atoms with Gasteiger partial charge in [-0.2, -0.15) is 0 Å². The van der Waals surface area contributed by atoms with Crippen molar-refractivity contribution in [2.75, 3.05) is 30.7 Å². The van der Waals surface area contributed by atoms with Crippen LogP contribution in [0.4, 0.5) is 10.1 Å². The SMILES string of the molecule is CCS(=O)(=O)N1CCC(C(=O)Nc2ccc3c(c2F)CCNC3)CC1. The van der Waals surface area contributed by atoms with Crippen LogP contribution in [0.2, 0.25) is 0 Å². The number of carbonyl (C=O) groups excluding carboxylic acids is 1. The lowest BCUT2D eigenvalue weighted by molar-refractivity contribution is -0.120. The second-order valence-corrected chi connectivity index (χ2v) is 8.81. The number of nitrogens with one attached hydrogen (secondary N) is 2. The molecule has 0 bridgehead atoms. The second kappa shape index (κ2) is 7.39. The molecule has 0 saturated carbocycles. The Morgan fingerprint density at radius 2 is 2.08 bits per heavy atom. The maximum atomic E-state index is 14.6. The van der Waals surface area contributed by atoms with Gasteiger partial charge in [0.15, 0.2) is 0 Å².